The SMILES string of the molecule is Cc1ccc(OC(C)C(=O)Nc2ccccc2C(=O)N2CCOCC2)c(C)c1. The van der Waals surface area contributed by atoms with E-state index in [1.165, 1.54) is 0 Å². The van der Waals surface area contributed by atoms with Gasteiger partial charge in [0.25, 0.3) is 11.8 Å². The van der Waals surface area contributed by atoms with Crippen molar-refractivity contribution >= 4 is 17.5 Å². The summed E-state index contributed by atoms with van der Waals surface area (Å²) >= 11 is 0. The van der Waals surface area contributed by atoms with Crippen molar-refractivity contribution in [2.45, 2.75) is 26.9 Å². The highest BCUT2D eigenvalue weighted by molar-refractivity contribution is 6.04. The van der Waals surface area contributed by atoms with Gasteiger partial charge in [0.05, 0.1) is 24.5 Å². The monoisotopic (exact) mass is 382 g/mol. The topological polar surface area (TPSA) is 67.9 Å². The van der Waals surface area contributed by atoms with Crippen LogP contribution in [0.1, 0.15) is 28.4 Å². The zero-order chi connectivity index (χ0) is 20.1. The van der Waals surface area contributed by atoms with Gasteiger partial charge in [-0.05, 0) is 44.5 Å². The summed E-state index contributed by atoms with van der Waals surface area (Å²) in [5.41, 5.74) is 3.07. The highest BCUT2D eigenvalue weighted by atomic mass is 16.5. The van der Waals surface area contributed by atoms with E-state index in [1.54, 1.807) is 36.1 Å². The molecule has 0 saturated carbocycles. The summed E-state index contributed by atoms with van der Waals surface area (Å²) in [7, 11) is 0. The van der Waals surface area contributed by atoms with Gasteiger partial charge in [0.15, 0.2) is 6.10 Å². The van der Waals surface area contributed by atoms with E-state index in [-0.39, 0.29) is 11.8 Å². The number of amides is 2. The van der Waals surface area contributed by atoms with Crippen LogP contribution in [0.5, 0.6) is 5.75 Å². The Labute approximate surface area is 165 Å². The number of anilines is 1. The number of para-hydroxylation sites is 1. The number of hydrogen-bond acceptors (Lipinski definition) is 4. The van der Waals surface area contributed by atoms with Crippen LogP contribution in [0, 0.1) is 13.8 Å². The van der Waals surface area contributed by atoms with E-state index in [0.717, 1.165) is 11.1 Å². The van der Waals surface area contributed by atoms with E-state index in [4.69, 9.17) is 9.47 Å². The molecule has 28 heavy (non-hydrogen) atoms. The van der Waals surface area contributed by atoms with Crippen LogP contribution < -0.4 is 10.1 Å². The summed E-state index contributed by atoms with van der Waals surface area (Å²) in [4.78, 5) is 27.2. The molecule has 0 bridgehead atoms. The number of carbonyl (C=O) groups excluding carboxylic acids is 2. The molecule has 1 aliphatic rings. The van der Waals surface area contributed by atoms with Crippen molar-refractivity contribution in [1.82, 2.24) is 4.90 Å². The number of aryl methyl sites for hydroxylation is 2. The van der Waals surface area contributed by atoms with Gasteiger partial charge in [0.2, 0.25) is 0 Å². The average molecular weight is 382 g/mol. The summed E-state index contributed by atoms with van der Waals surface area (Å²) in [6.45, 7) is 7.81. The maximum Gasteiger partial charge on any atom is 0.265 e. The van der Waals surface area contributed by atoms with Crippen molar-refractivity contribution in [2.24, 2.45) is 0 Å². The molecule has 0 aliphatic carbocycles. The van der Waals surface area contributed by atoms with Crippen LogP contribution in [0.15, 0.2) is 42.5 Å². The predicted molar refractivity (Wildman–Crippen MR) is 108 cm³/mol. The summed E-state index contributed by atoms with van der Waals surface area (Å²) in [5.74, 6) is 0.260. The molecule has 6 nitrogen and oxygen atoms in total. The number of hydrogen-bond donors (Lipinski definition) is 1. The van der Waals surface area contributed by atoms with Gasteiger partial charge in [-0.15, -0.1) is 0 Å². The fraction of sp³-hybridized carbons (Fsp3) is 0.364. The quantitative estimate of drug-likeness (QED) is 0.862. The average Bonchev–Trinajstić information content (AvgIpc) is 2.70. The molecule has 2 aromatic rings. The number of nitrogens with zero attached hydrogens (tertiary/aromatic N) is 1. The van der Waals surface area contributed by atoms with E-state index in [1.807, 2.05) is 32.0 Å². The van der Waals surface area contributed by atoms with Crippen molar-refractivity contribution in [3.05, 3.63) is 59.2 Å². The molecule has 0 spiro atoms. The lowest BCUT2D eigenvalue weighted by atomic mass is 10.1. The third kappa shape index (κ3) is 4.70. The number of carbonyl (C=O) groups is 2. The van der Waals surface area contributed by atoms with Crippen LogP contribution in [0.2, 0.25) is 0 Å². The van der Waals surface area contributed by atoms with Gasteiger partial charge in [0, 0.05) is 13.1 Å². The lowest BCUT2D eigenvalue weighted by Gasteiger charge is -2.27. The Morgan fingerprint density at radius 2 is 1.82 bits per heavy atom. The third-order valence-electron chi connectivity index (χ3n) is 4.72. The molecule has 1 aliphatic heterocycles. The Morgan fingerprint density at radius 1 is 1.11 bits per heavy atom. The van der Waals surface area contributed by atoms with Crippen molar-refractivity contribution in [1.29, 1.82) is 0 Å². The van der Waals surface area contributed by atoms with Gasteiger partial charge in [0.1, 0.15) is 5.75 Å². The molecule has 0 radical (unpaired) electrons. The molecule has 1 fully saturated rings. The van der Waals surface area contributed by atoms with Crippen molar-refractivity contribution < 1.29 is 19.1 Å². The second kappa shape index (κ2) is 8.89. The molecule has 3 rings (SSSR count). The van der Waals surface area contributed by atoms with Gasteiger partial charge in [-0.3, -0.25) is 9.59 Å². The zero-order valence-electron chi connectivity index (χ0n) is 16.5. The molecule has 1 saturated heterocycles. The van der Waals surface area contributed by atoms with Crippen LogP contribution in [0.4, 0.5) is 5.69 Å². The Hall–Kier alpha value is -2.86. The van der Waals surface area contributed by atoms with Gasteiger partial charge in [-0.25, -0.2) is 0 Å². The van der Waals surface area contributed by atoms with E-state index < -0.39 is 6.10 Å². The minimum Gasteiger partial charge on any atom is -0.481 e. The number of nitrogens with one attached hydrogen (secondary N) is 1. The van der Waals surface area contributed by atoms with Crippen molar-refractivity contribution in [2.75, 3.05) is 31.6 Å². The summed E-state index contributed by atoms with van der Waals surface area (Å²) in [6, 6.07) is 12.9. The molecular weight excluding hydrogens is 356 g/mol. The van der Waals surface area contributed by atoms with Crippen molar-refractivity contribution in [3.63, 3.8) is 0 Å². The fourth-order valence-corrected chi connectivity index (χ4v) is 3.13. The maximum absolute atomic E-state index is 12.8. The van der Waals surface area contributed by atoms with Crippen LogP contribution in [-0.2, 0) is 9.53 Å². The van der Waals surface area contributed by atoms with Gasteiger partial charge < -0.3 is 19.7 Å². The van der Waals surface area contributed by atoms with Gasteiger partial charge in [-0.2, -0.15) is 0 Å². The van der Waals surface area contributed by atoms with Crippen LogP contribution in [0.25, 0.3) is 0 Å². The number of benzene rings is 2. The maximum atomic E-state index is 12.8. The Morgan fingerprint density at radius 3 is 2.54 bits per heavy atom. The molecule has 1 heterocycles. The minimum absolute atomic E-state index is 0.109. The lowest BCUT2D eigenvalue weighted by molar-refractivity contribution is -0.122. The summed E-state index contributed by atoms with van der Waals surface area (Å²) in [6.07, 6.45) is -0.701. The van der Waals surface area contributed by atoms with Crippen LogP contribution >= 0.6 is 0 Å². The van der Waals surface area contributed by atoms with Gasteiger partial charge in [-0.1, -0.05) is 29.8 Å². The molecule has 6 heteroatoms. The molecule has 2 aromatic carbocycles. The second-order valence-corrected chi connectivity index (χ2v) is 6.97. The first-order chi connectivity index (χ1) is 13.5. The van der Waals surface area contributed by atoms with Crippen LogP contribution in [0.3, 0.4) is 0 Å². The first-order valence-electron chi connectivity index (χ1n) is 9.46. The minimum atomic E-state index is -0.701. The molecule has 2 amide bonds. The highest BCUT2D eigenvalue weighted by Gasteiger charge is 2.23. The standard InChI is InChI=1S/C22H26N2O4/c1-15-8-9-20(16(2)14-15)28-17(3)21(25)23-19-7-5-4-6-18(19)22(26)24-10-12-27-13-11-24/h4-9,14,17H,10-13H2,1-3H3,(H,23,25). The van der Waals surface area contributed by atoms with Crippen LogP contribution in [-0.4, -0.2) is 49.1 Å². The summed E-state index contributed by atoms with van der Waals surface area (Å²) < 4.78 is 11.1. The molecular formula is C22H26N2O4. The first kappa shape index (κ1) is 19.9. The number of morpholine rings is 1. The van der Waals surface area contributed by atoms with E-state index in [0.29, 0.717) is 43.3 Å². The smallest absolute Gasteiger partial charge is 0.265 e. The Balaban J connectivity index is 1.70. The molecule has 148 valence electrons. The van der Waals surface area contributed by atoms with E-state index >= 15 is 0 Å². The largest absolute Gasteiger partial charge is 0.481 e. The van der Waals surface area contributed by atoms with E-state index in [9.17, 15) is 9.59 Å². The molecule has 0 aromatic heterocycles. The molecule has 1 N–H and O–H groups in total. The van der Waals surface area contributed by atoms with Gasteiger partial charge >= 0.3 is 0 Å². The summed E-state index contributed by atoms with van der Waals surface area (Å²) in [5, 5.41) is 2.84. The van der Waals surface area contributed by atoms with E-state index in [2.05, 4.69) is 5.32 Å². The third-order valence-corrected chi connectivity index (χ3v) is 4.72. The zero-order valence-corrected chi connectivity index (χ0v) is 16.5. The normalized spacial score (nSPS) is 15.0. The van der Waals surface area contributed by atoms with Crippen molar-refractivity contribution in [3.8, 4) is 5.75 Å². The first-order valence-corrected chi connectivity index (χ1v) is 9.46. The molecule has 1 unspecified atom stereocenters. The lowest BCUT2D eigenvalue weighted by Crippen LogP contribution is -2.41. The Kier molecular flexibility index (Phi) is 6.31. The second-order valence-electron chi connectivity index (χ2n) is 6.97. The predicted octanol–water partition coefficient (Wildman–Crippen LogP) is 3.18. The fourth-order valence-electron chi connectivity index (χ4n) is 3.13. The Bertz CT molecular complexity index is 859. The highest BCUT2D eigenvalue weighted by Crippen LogP contribution is 2.22. The molecule has 1 atom stereocenters. The number of rotatable bonds is 5. The number of ether oxygens (including phenoxy) is 2.